The van der Waals surface area contributed by atoms with Crippen LogP contribution in [0.1, 0.15) is 32.6 Å². The van der Waals surface area contributed by atoms with Gasteiger partial charge in [-0.15, -0.1) is 0 Å². The van der Waals surface area contributed by atoms with Crippen LogP contribution >= 0.6 is 12.2 Å². The normalized spacial score (nSPS) is 28.1. The van der Waals surface area contributed by atoms with Gasteiger partial charge in [-0.05, 0) is 19.8 Å². The van der Waals surface area contributed by atoms with Crippen molar-refractivity contribution >= 4 is 23.1 Å². The van der Waals surface area contributed by atoms with E-state index in [-0.39, 0.29) is 16.9 Å². The Hall–Kier alpha value is -0.680. The Bertz CT molecular complexity index is 258. The van der Waals surface area contributed by atoms with E-state index in [1.54, 1.807) is 6.92 Å². The first-order chi connectivity index (χ1) is 7.02. The number of amides is 1. The highest BCUT2D eigenvalue weighted by Gasteiger charge is 2.26. The fourth-order valence-corrected chi connectivity index (χ4v) is 1.82. The van der Waals surface area contributed by atoms with Crippen LogP contribution in [0.3, 0.4) is 0 Å². The minimum atomic E-state index is -0.464. The number of thiocarbonyl (C=S) groups is 1. The van der Waals surface area contributed by atoms with Gasteiger partial charge in [0.05, 0.1) is 23.1 Å². The van der Waals surface area contributed by atoms with Gasteiger partial charge in [0.25, 0.3) is 0 Å². The van der Waals surface area contributed by atoms with Crippen molar-refractivity contribution < 1.29 is 9.90 Å². The maximum absolute atomic E-state index is 11.6. The summed E-state index contributed by atoms with van der Waals surface area (Å²) in [6.07, 6.45) is 3.23. The molecule has 0 spiro atoms. The fourth-order valence-electron chi connectivity index (χ4n) is 1.72. The van der Waals surface area contributed by atoms with Gasteiger partial charge < -0.3 is 16.2 Å². The Kier molecular flexibility index (Phi) is 4.47. The molecule has 0 saturated heterocycles. The molecule has 0 aromatic carbocycles. The topological polar surface area (TPSA) is 75.3 Å². The van der Waals surface area contributed by atoms with Crippen molar-refractivity contribution in [3.8, 4) is 0 Å². The molecule has 1 saturated carbocycles. The van der Waals surface area contributed by atoms with Crippen molar-refractivity contribution in [1.82, 2.24) is 5.32 Å². The van der Waals surface area contributed by atoms with Crippen molar-refractivity contribution in [2.24, 2.45) is 11.7 Å². The number of nitrogens with one attached hydrogen (secondary N) is 1. The average Bonchev–Trinajstić information content (AvgIpc) is 2.20. The van der Waals surface area contributed by atoms with Gasteiger partial charge in [-0.2, -0.15) is 0 Å². The van der Waals surface area contributed by atoms with E-state index in [0.29, 0.717) is 0 Å². The van der Waals surface area contributed by atoms with Crippen LogP contribution in [0.15, 0.2) is 0 Å². The Morgan fingerprint density at radius 1 is 1.53 bits per heavy atom. The third-order valence-corrected chi connectivity index (χ3v) is 3.23. The Labute approximate surface area is 95.2 Å². The summed E-state index contributed by atoms with van der Waals surface area (Å²) >= 11 is 4.75. The molecule has 1 rings (SSSR count). The summed E-state index contributed by atoms with van der Waals surface area (Å²) in [6.45, 7) is 1.67. The number of nitrogens with two attached hydrogens (primary N) is 1. The summed E-state index contributed by atoms with van der Waals surface area (Å²) in [4.78, 5) is 11.8. The molecule has 1 fully saturated rings. The molecule has 0 aromatic heterocycles. The van der Waals surface area contributed by atoms with E-state index in [2.05, 4.69) is 5.32 Å². The smallest absolute Gasteiger partial charge is 0.229 e. The SMILES string of the molecule is CC(C(=O)NC1CCCCC1O)C(N)=S. The van der Waals surface area contributed by atoms with E-state index in [1.165, 1.54) is 0 Å². The van der Waals surface area contributed by atoms with Crippen molar-refractivity contribution in [3.63, 3.8) is 0 Å². The lowest BCUT2D eigenvalue weighted by atomic mass is 9.92. The van der Waals surface area contributed by atoms with Gasteiger partial charge in [0.2, 0.25) is 5.91 Å². The molecule has 0 radical (unpaired) electrons. The van der Waals surface area contributed by atoms with Crippen LogP contribution in [0.5, 0.6) is 0 Å². The van der Waals surface area contributed by atoms with E-state index in [9.17, 15) is 9.90 Å². The van der Waals surface area contributed by atoms with Crippen molar-refractivity contribution in [2.75, 3.05) is 0 Å². The molecule has 1 aliphatic carbocycles. The maximum Gasteiger partial charge on any atom is 0.229 e. The average molecular weight is 230 g/mol. The van der Waals surface area contributed by atoms with Crippen LogP contribution in [0.2, 0.25) is 0 Å². The second-order valence-corrected chi connectivity index (χ2v) is 4.56. The number of carbonyl (C=O) groups excluding carboxylic acids is 1. The summed E-state index contributed by atoms with van der Waals surface area (Å²) in [5.74, 6) is -0.650. The Morgan fingerprint density at radius 3 is 2.67 bits per heavy atom. The van der Waals surface area contributed by atoms with Gasteiger partial charge in [-0.3, -0.25) is 4.79 Å². The molecule has 0 heterocycles. The molecule has 86 valence electrons. The molecule has 4 N–H and O–H groups in total. The zero-order valence-corrected chi connectivity index (χ0v) is 9.72. The van der Waals surface area contributed by atoms with Crippen molar-refractivity contribution in [1.29, 1.82) is 0 Å². The molecule has 15 heavy (non-hydrogen) atoms. The summed E-state index contributed by atoms with van der Waals surface area (Å²) in [5.41, 5.74) is 5.38. The standard InChI is InChI=1S/C10H18N2O2S/c1-6(9(11)15)10(14)12-7-4-2-3-5-8(7)13/h6-8,13H,2-5H2,1H3,(H2,11,15)(H,12,14). The molecule has 5 heteroatoms. The summed E-state index contributed by atoms with van der Waals surface area (Å²) in [6, 6.07) is -0.136. The zero-order valence-electron chi connectivity index (χ0n) is 8.90. The highest BCUT2D eigenvalue weighted by molar-refractivity contribution is 7.80. The molecule has 0 aromatic rings. The van der Waals surface area contributed by atoms with Crippen LogP contribution in [-0.4, -0.2) is 28.1 Å². The molecule has 0 aliphatic heterocycles. The molecule has 4 nitrogen and oxygen atoms in total. The number of hydrogen-bond acceptors (Lipinski definition) is 3. The van der Waals surface area contributed by atoms with Gasteiger partial charge in [0.1, 0.15) is 0 Å². The van der Waals surface area contributed by atoms with E-state index in [4.69, 9.17) is 18.0 Å². The Balaban J connectivity index is 2.46. The van der Waals surface area contributed by atoms with Crippen LogP contribution in [-0.2, 0) is 4.79 Å². The quantitative estimate of drug-likeness (QED) is 0.611. The van der Waals surface area contributed by atoms with E-state index < -0.39 is 12.0 Å². The van der Waals surface area contributed by atoms with Gasteiger partial charge >= 0.3 is 0 Å². The number of carbonyl (C=O) groups is 1. The number of aliphatic hydroxyl groups is 1. The minimum Gasteiger partial charge on any atom is -0.393 e. The number of rotatable bonds is 3. The second-order valence-electron chi connectivity index (χ2n) is 4.09. The van der Waals surface area contributed by atoms with Crippen LogP contribution in [0, 0.1) is 5.92 Å². The molecular formula is C10H18N2O2S. The maximum atomic E-state index is 11.6. The lowest BCUT2D eigenvalue weighted by Crippen LogP contribution is -2.48. The first kappa shape index (κ1) is 12.4. The predicted molar refractivity (Wildman–Crippen MR) is 62.4 cm³/mol. The van der Waals surface area contributed by atoms with Crippen LogP contribution in [0.25, 0.3) is 0 Å². The molecular weight excluding hydrogens is 212 g/mol. The largest absolute Gasteiger partial charge is 0.393 e. The third kappa shape index (κ3) is 3.43. The highest BCUT2D eigenvalue weighted by atomic mass is 32.1. The molecule has 3 atom stereocenters. The summed E-state index contributed by atoms with van der Waals surface area (Å²) < 4.78 is 0. The molecule has 0 bridgehead atoms. The number of aliphatic hydroxyl groups excluding tert-OH is 1. The van der Waals surface area contributed by atoms with Gasteiger partial charge in [0, 0.05) is 0 Å². The predicted octanol–water partition coefficient (Wildman–Crippen LogP) is 0.328. The lowest BCUT2D eigenvalue weighted by Gasteiger charge is -2.29. The highest BCUT2D eigenvalue weighted by Crippen LogP contribution is 2.18. The first-order valence-corrected chi connectivity index (χ1v) is 5.71. The molecule has 1 amide bonds. The Morgan fingerprint density at radius 2 is 2.13 bits per heavy atom. The third-order valence-electron chi connectivity index (χ3n) is 2.88. The van der Waals surface area contributed by atoms with Crippen molar-refractivity contribution in [3.05, 3.63) is 0 Å². The van der Waals surface area contributed by atoms with Gasteiger partial charge in [0.15, 0.2) is 0 Å². The monoisotopic (exact) mass is 230 g/mol. The fraction of sp³-hybridized carbons (Fsp3) is 0.800. The summed E-state index contributed by atoms with van der Waals surface area (Å²) in [7, 11) is 0. The van der Waals surface area contributed by atoms with E-state index >= 15 is 0 Å². The van der Waals surface area contributed by atoms with Crippen LogP contribution in [0.4, 0.5) is 0 Å². The molecule has 3 unspecified atom stereocenters. The first-order valence-electron chi connectivity index (χ1n) is 5.30. The van der Waals surface area contributed by atoms with E-state index in [1.807, 2.05) is 0 Å². The zero-order chi connectivity index (χ0) is 11.4. The van der Waals surface area contributed by atoms with Gasteiger partial charge in [-0.1, -0.05) is 25.1 Å². The summed E-state index contributed by atoms with van der Waals surface area (Å²) in [5, 5.41) is 12.5. The second kappa shape index (κ2) is 5.42. The lowest BCUT2D eigenvalue weighted by molar-refractivity contribution is -0.124. The van der Waals surface area contributed by atoms with Crippen LogP contribution < -0.4 is 11.1 Å². The van der Waals surface area contributed by atoms with E-state index in [0.717, 1.165) is 25.7 Å². The molecule has 1 aliphatic rings. The minimum absolute atomic E-state index is 0.136. The number of hydrogen-bond donors (Lipinski definition) is 3. The van der Waals surface area contributed by atoms with Gasteiger partial charge in [-0.25, -0.2) is 0 Å². The van der Waals surface area contributed by atoms with Crippen molar-refractivity contribution in [2.45, 2.75) is 44.8 Å².